The number of carboxylic acid groups (broad SMARTS) is 1. The van der Waals surface area contributed by atoms with Gasteiger partial charge in [-0.15, -0.1) is 0 Å². The second-order valence-electron chi connectivity index (χ2n) is 30.4. The van der Waals surface area contributed by atoms with E-state index in [-0.39, 0.29) is 52.8 Å². The topological polar surface area (TPSA) is 557 Å². The van der Waals surface area contributed by atoms with Gasteiger partial charge in [-0.2, -0.15) is 0 Å². The molecule has 2 fully saturated rings. The Hall–Kier alpha value is -9.28. The summed E-state index contributed by atoms with van der Waals surface area (Å²) in [6, 6.07) is -0.849. The summed E-state index contributed by atoms with van der Waals surface area (Å²) in [4.78, 5) is 118. The van der Waals surface area contributed by atoms with Gasteiger partial charge in [-0.25, -0.2) is 4.79 Å². The number of rotatable bonds is 26. The molecule has 0 aromatic heterocycles. The third-order valence-electron chi connectivity index (χ3n) is 21.2. The van der Waals surface area contributed by atoms with Gasteiger partial charge in [0.05, 0.1) is 53.5 Å². The highest BCUT2D eigenvalue weighted by Crippen LogP contribution is 2.50. The number of likely N-dealkylation sites (N-methyl/N-ethyl adjacent to an activating group) is 1. The number of nitrogens with two attached hydrogens (primary N) is 1. The van der Waals surface area contributed by atoms with Crippen molar-refractivity contribution in [1.82, 2.24) is 42.5 Å². The van der Waals surface area contributed by atoms with E-state index in [1.165, 1.54) is 26.1 Å². The van der Waals surface area contributed by atoms with Crippen molar-refractivity contribution in [3.63, 3.8) is 0 Å². The van der Waals surface area contributed by atoms with Gasteiger partial charge in [-0.05, 0) is 117 Å². The number of amides is 7. The van der Waals surface area contributed by atoms with E-state index in [1.807, 2.05) is 13.8 Å². The molecule has 116 heavy (non-hydrogen) atoms. The number of carboxylic acids is 1. The van der Waals surface area contributed by atoms with Gasteiger partial charge in [0.1, 0.15) is 89.5 Å². The summed E-state index contributed by atoms with van der Waals surface area (Å²) < 4.78 is 39.2. The highest BCUT2D eigenvalue weighted by Gasteiger charge is 2.52. The van der Waals surface area contributed by atoms with E-state index in [9.17, 15) is 85.3 Å². The quantitative estimate of drug-likeness (QED) is 0.0354. The third-order valence-corrected chi connectivity index (χ3v) is 21.8. The molecule has 0 aliphatic carbocycles. The monoisotopic (exact) mass is 1660 g/mol. The predicted octanol–water partition coefficient (Wildman–Crippen LogP) is 2.99. The summed E-state index contributed by atoms with van der Waals surface area (Å²) in [5.41, 5.74) is 1.45. The first kappa shape index (κ1) is 89.1. The number of ether oxygens (including phenoxy) is 6. The Morgan fingerprint density at radius 1 is 0.681 bits per heavy atom. The van der Waals surface area contributed by atoms with Crippen LogP contribution in [0.4, 0.5) is 0 Å². The van der Waals surface area contributed by atoms with Crippen LogP contribution in [0, 0.1) is 5.92 Å². The van der Waals surface area contributed by atoms with Crippen molar-refractivity contribution < 1.29 is 128 Å². The van der Waals surface area contributed by atoms with Crippen molar-refractivity contribution in [2.45, 2.75) is 233 Å². The lowest BCUT2D eigenvalue weighted by Gasteiger charge is -2.48. The number of aromatic hydroxyl groups is 3. The molecule has 0 radical (unpaired) electrons. The van der Waals surface area contributed by atoms with Gasteiger partial charge >= 0.3 is 5.97 Å². The minimum atomic E-state index is -2.38. The predicted molar refractivity (Wildman–Crippen MR) is 412 cm³/mol. The van der Waals surface area contributed by atoms with Crippen LogP contribution in [-0.2, 0) is 52.6 Å². The average Bonchev–Trinajstić information content (AvgIpc) is 0.765. The lowest BCUT2D eigenvalue weighted by Crippen LogP contribution is -2.66. The minimum Gasteiger partial charge on any atom is -0.508 e. The number of phenolic OH excluding ortho intramolecular Hbond substituents is 3. The number of unbranched alkanes of at least 4 members (excludes halogenated alkanes) is 7. The molecule has 11 bridgehead atoms. The molecular weight excluding hydrogens is 1560 g/mol. The van der Waals surface area contributed by atoms with E-state index in [1.54, 1.807) is 6.92 Å². The van der Waals surface area contributed by atoms with Crippen LogP contribution in [0.15, 0.2) is 78.9 Å². The number of aliphatic hydroxyl groups is 8. The van der Waals surface area contributed by atoms with Gasteiger partial charge in [0, 0.05) is 41.3 Å². The number of fused-ring (bicyclic) bond motifs is 15. The number of primary amides is 1. The zero-order chi connectivity index (χ0) is 84.5. The maximum atomic E-state index is 16.2. The second-order valence-corrected chi connectivity index (χ2v) is 31.2. The molecule has 0 saturated carbocycles. The SMILES string of the molecule is CCCCCCCCCC[C@@H](O)[C@H](O)CN[C@@]1(C)C[C@H](O[C@H]2[C@H](Oc3c4cc5cc3Oc3ccc(cc3Cl)[C@@H](O)[C@@H](NC(=O)[C@@H](CC(C)C)NC)C(=O)N[C@@H](CC(N)=O)C(=O)N[C@H]5C(=O)N[C@H]3C(=O)N[C@H](C(=O)N[C@H](C(=O)O)c5cc(O)cc(O)c5-c5cc3ccc5O)[C@H](O)c3ccc(c(Cl)c3)O4)O[C@H](CO)[C@@H](O)[C@@H]2O)O[C@@H](C)[C@H]1O. The zero-order valence-corrected chi connectivity index (χ0v) is 65.9. The molecule has 632 valence electrons. The molecule has 37 heteroatoms. The maximum Gasteiger partial charge on any atom is 0.330 e. The number of halogens is 2. The fraction of sp³-hybridized carbons (Fsp3) is 0.519. The van der Waals surface area contributed by atoms with Crippen molar-refractivity contribution in [3.05, 3.63) is 117 Å². The Balaban J connectivity index is 1.16. The Morgan fingerprint density at radius 3 is 1.89 bits per heavy atom. The molecule has 7 amide bonds. The van der Waals surface area contributed by atoms with Gasteiger partial charge in [0.15, 0.2) is 29.9 Å². The van der Waals surface area contributed by atoms with Gasteiger partial charge < -0.3 is 138 Å². The molecule has 0 unspecified atom stereocenters. The molecule has 2 saturated heterocycles. The lowest BCUT2D eigenvalue weighted by atomic mass is 9.84. The van der Waals surface area contributed by atoms with E-state index >= 15 is 14.4 Å². The van der Waals surface area contributed by atoms with Crippen LogP contribution in [-0.4, -0.2) is 220 Å². The first-order chi connectivity index (χ1) is 55.0. The van der Waals surface area contributed by atoms with Crippen LogP contribution in [0.25, 0.3) is 11.1 Å². The first-order valence-electron chi connectivity index (χ1n) is 38.3. The number of hydrogen-bond acceptors (Lipinski definition) is 27. The largest absolute Gasteiger partial charge is 0.508 e. The molecular formula is C79H101Cl2N9O26. The molecule has 7 aliphatic rings. The van der Waals surface area contributed by atoms with Gasteiger partial charge in [-0.3, -0.25) is 33.6 Å². The molecule has 5 aromatic rings. The van der Waals surface area contributed by atoms with Crippen LogP contribution >= 0.6 is 23.2 Å². The number of carbonyl (C=O) groups excluding carboxylic acids is 7. The third kappa shape index (κ3) is 20.8. The van der Waals surface area contributed by atoms with E-state index in [0.717, 1.165) is 112 Å². The number of benzene rings is 5. The van der Waals surface area contributed by atoms with E-state index in [0.29, 0.717) is 12.8 Å². The summed E-state index contributed by atoms with van der Waals surface area (Å²) in [6.07, 6.45) is -13.4. The van der Waals surface area contributed by atoms with Crippen LogP contribution in [0.1, 0.15) is 170 Å². The fourth-order valence-corrected chi connectivity index (χ4v) is 15.2. The van der Waals surface area contributed by atoms with Crippen LogP contribution in [0.5, 0.6) is 46.0 Å². The van der Waals surface area contributed by atoms with Gasteiger partial charge in [-0.1, -0.05) is 114 Å². The number of aliphatic hydroxyl groups excluding tert-OH is 8. The fourth-order valence-electron chi connectivity index (χ4n) is 14.8. The second kappa shape index (κ2) is 38.9. The number of aliphatic carboxylic acids is 1. The molecule has 7 heterocycles. The van der Waals surface area contributed by atoms with E-state index in [2.05, 4.69) is 49.5 Å². The van der Waals surface area contributed by atoms with Crippen molar-refractivity contribution >= 4 is 70.5 Å². The maximum absolute atomic E-state index is 16.2. The Bertz CT molecular complexity index is 4410. The summed E-state index contributed by atoms with van der Waals surface area (Å²) in [5, 5.41) is 158. The average molecular weight is 1660 g/mol. The molecule has 12 rings (SSSR count). The van der Waals surface area contributed by atoms with Crippen LogP contribution in [0.2, 0.25) is 10.0 Å². The van der Waals surface area contributed by atoms with Crippen molar-refractivity contribution in [2.24, 2.45) is 11.7 Å². The molecule has 35 nitrogen and oxygen atoms in total. The summed E-state index contributed by atoms with van der Waals surface area (Å²) >= 11 is 14.3. The van der Waals surface area contributed by atoms with Crippen molar-refractivity contribution in [1.29, 1.82) is 0 Å². The number of phenols is 3. The summed E-state index contributed by atoms with van der Waals surface area (Å²) in [6.45, 7) is 7.65. The molecule has 7 aliphatic heterocycles. The smallest absolute Gasteiger partial charge is 0.330 e. The van der Waals surface area contributed by atoms with Crippen molar-refractivity contribution in [3.8, 4) is 57.1 Å². The van der Waals surface area contributed by atoms with Gasteiger partial charge in [0.2, 0.25) is 53.4 Å². The highest BCUT2D eigenvalue weighted by atomic mass is 35.5. The minimum absolute atomic E-state index is 0.111. The Labute approximate surface area is 676 Å². The first-order valence-corrected chi connectivity index (χ1v) is 39.1. The van der Waals surface area contributed by atoms with E-state index < -0.39 is 249 Å². The van der Waals surface area contributed by atoms with E-state index in [4.69, 9.17) is 57.4 Å². The van der Waals surface area contributed by atoms with Crippen LogP contribution < -0.4 is 62.5 Å². The normalized spacial score (nSPS) is 27.8. The number of hydrogen-bond donors (Lipinski definition) is 21. The number of carbonyl (C=O) groups is 8. The molecule has 5 aromatic carbocycles. The van der Waals surface area contributed by atoms with Crippen LogP contribution in [0.3, 0.4) is 0 Å². The summed E-state index contributed by atoms with van der Waals surface area (Å²) in [7, 11) is 1.47. The Morgan fingerprint density at radius 2 is 1.28 bits per heavy atom. The molecule has 20 atom stereocenters. The Kier molecular flexibility index (Phi) is 29.8. The van der Waals surface area contributed by atoms with Crippen molar-refractivity contribution in [2.75, 3.05) is 20.2 Å². The molecule has 22 N–H and O–H groups in total. The standard InChI is InChI=1S/C79H101Cl2N9O26/c1-7-8-9-10-11-12-13-14-15-48(94)50(96)32-84-79(5)31-57(111-35(4)70(79)102)115-69-67(101)66(100)55(33-91)114-78(69)116-68-53-26-39-27-54(68)113-52-21-18-38(25-44(52)81)65(99)63-76(108)88-61(77(109)110)42-28-40(92)29-49(95)58(42)41-23-36(16-19-47(41)93)59(73(105)90-63)87-74(106)60(39)86-72(104)46(30-56(82)97)85-75(107)62(89-71(103)45(83-6)22-34(2)3)64(98)37-17-20-51(112-53)43(80)24-37/h16-21,23-29,34-35,45-46,48,50,55,57,59-67,69-70,78,83-84,91-96,98-102H,7-15,22,30-33H2,1-6H3,(H2,82,97)(H,85,107)(H,86,104)(H,87,106)(H,88,108)(H,89,103)(H,90,105)(H,109,110)/t35-,45+,46-,48+,50+,55+,57-,59+,60+,61-,62+,63-,64+,65+,66+,67-,69+,70+,78-,79-/m0/s1. The summed E-state index contributed by atoms with van der Waals surface area (Å²) in [5.74, 6) is -16.2. The zero-order valence-electron chi connectivity index (χ0n) is 64.4. The number of nitrogens with one attached hydrogen (secondary N) is 8. The highest BCUT2D eigenvalue weighted by molar-refractivity contribution is 6.32. The lowest BCUT2D eigenvalue weighted by molar-refractivity contribution is -0.334. The molecule has 0 spiro atoms. The number of β-amino-alcohol motifs (C(OH)–C–C–N with tert-alkyl or cyclic N) is 1. The van der Waals surface area contributed by atoms with Gasteiger partial charge in [0.25, 0.3) is 0 Å².